The van der Waals surface area contributed by atoms with Crippen molar-refractivity contribution >= 4 is 17.2 Å². The fraction of sp³-hybridized carbons (Fsp3) is 0.667. The van der Waals surface area contributed by atoms with Crippen molar-refractivity contribution in [1.82, 2.24) is 4.98 Å². The van der Waals surface area contributed by atoms with Crippen LogP contribution in [0.25, 0.3) is 0 Å². The van der Waals surface area contributed by atoms with Crippen molar-refractivity contribution < 1.29 is 19.7 Å². The molecule has 7 heteroatoms. The fourth-order valence-corrected chi connectivity index (χ4v) is 4.47. The molecular weight excluding hydrogens is 340 g/mol. The standard InChI is InChI=1S/C18H24N2O4S/c1-17(2,22)7-6-10-4-5-12-11(8-10)13-14(18(3,23)9-24-12)25-16(20-13)15(19)21/h10-12,22-23H,4-5,8-9H2,1-3H3,(H2,19,21). The smallest absolute Gasteiger partial charge is 0.277 e. The molecule has 4 N–H and O–H groups in total. The first-order valence-corrected chi connectivity index (χ1v) is 9.28. The lowest BCUT2D eigenvalue weighted by Crippen LogP contribution is -2.31. The zero-order chi connectivity index (χ0) is 18.4. The molecule has 136 valence electrons. The second-order valence-corrected chi connectivity index (χ2v) is 8.66. The Morgan fingerprint density at radius 1 is 1.48 bits per heavy atom. The van der Waals surface area contributed by atoms with Crippen molar-refractivity contribution in [2.24, 2.45) is 11.7 Å². The number of aromatic nitrogens is 1. The summed E-state index contributed by atoms with van der Waals surface area (Å²) < 4.78 is 5.96. The number of rotatable bonds is 1. The van der Waals surface area contributed by atoms with Gasteiger partial charge in [-0.05, 0) is 40.0 Å². The third-order valence-electron chi connectivity index (χ3n) is 4.65. The molecule has 4 unspecified atom stereocenters. The molecule has 1 saturated carbocycles. The number of carbonyl (C=O) groups is 1. The molecule has 1 aliphatic carbocycles. The summed E-state index contributed by atoms with van der Waals surface area (Å²) in [4.78, 5) is 16.7. The first-order valence-electron chi connectivity index (χ1n) is 8.47. The van der Waals surface area contributed by atoms with Gasteiger partial charge in [-0.3, -0.25) is 4.79 Å². The van der Waals surface area contributed by atoms with Crippen LogP contribution in [0.15, 0.2) is 0 Å². The predicted molar refractivity (Wildman–Crippen MR) is 94.1 cm³/mol. The molecular formula is C18H24N2O4S. The number of primary amides is 1. The molecule has 1 amide bonds. The van der Waals surface area contributed by atoms with Gasteiger partial charge < -0.3 is 20.7 Å². The van der Waals surface area contributed by atoms with Gasteiger partial charge in [0, 0.05) is 11.8 Å². The minimum absolute atomic E-state index is 0.0387. The van der Waals surface area contributed by atoms with Crippen molar-refractivity contribution in [3.63, 3.8) is 0 Å². The van der Waals surface area contributed by atoms with Crippen LogP contribution in [0.4, 0.5) is 0 Å². The molecule has 0 bridgehead atoms. The molecule has 0 spiro atoms. The molecule has 2 aliphatic rings. The maximum absolute atomic E-state index is 11.6. The molecule has 4 atom stereocenters. The summed E-state index contributed by atoms with van der Waals surface area (Å²) >= 11 is 1.15. The van der Waals surface area contributed by atoms with Gasteiger partial charge in [-0.25, -0.2) is 4.98 Å². The van der Waals surface area contributed by atoms with Gasteiger partial charge in [-0.2, -0.15) is 0 Å². The third-order valence-corrected chi connectivity index (χ3v) is 5.99. The number of nitrogens with zero attached hydrogens (tertiary/aromatic N) is 1. The van der Waals surface area contributed by atoms with Gasteiger partial charge in [0.2, 0.25) is 0 Å². The molecule has 25 heavy (non-hydrogen) atoms. The monoisotopic (exact) mass is 364 g/mol. The van der Waals surface area contributed by atoms with Gasteiger partial charge in [0.25, 0.3) is 5.91 Å². The normalized spacial score (nSPS) is 32.0. The quantitative estimate of drug-likeness (QED) is 0.655. The Hall–Kier alpha value is -1.46. The van der Waals surface area contributed by atoms with Crippen LogP contribution in [0.2, 0.25) is 0 Å². The highest BCUT2D eigenvalue weighted by molar-refractivity contribution is 7.13. The average Bonchev–Trinajstić information content (AvgIpc) is 2.93. The Bertz CT molecular complexity index is 738. The predicted octanol–water partition coefficient (Wildman–Crippen LogP) is 1.51. The number of ether oxygens (including phenoxy) is 1. The maximum atomic E-state index is 11.6. The molecule has 6 nitrogen and oxygen atoms in total. The van der Waals surface area contributed by atoms with E-state index in [1.807, 2.05) is 0 Å². The summed E-state index contributed by atoms with van der Waals surface area (Å²) in [5.74, 6) is 5.55. The van der Waals surface area contributed by atoms with Crippen molar-refractivity contribution in [3.8, 4) is 11.8 Å². The number of amides is 1. The second-order valence-electron chi connectivity index (χ2n) is 7.67. The van der Waals surface area contributed by atoms with E-state index in [1.165, 1.54) is 0 Å². The Morgan fingerprint density at radius 2 is 2.20 bits per heavy atom. The molecule has 1 aromatic heterocycles. The van der Waals surface area contributed by atoms with Crippen LogP contribution in [0.1, 0.15) is 66.3 Å². The van der Waals surface area contributed by atoms with Gasteiger partial charge in [0.15, 0.2) is 5.01 Å². The zero-order valence-corrected chi connectivity index (χ0v) is 15.5. The molecule has 2 heterocycles. The van der Waals surface area contributed by atoms with Crippen LogP contribution in [0, 0.1) is 17.8 Å². The Labute approximate surface area is 151 Å². The molecule has 1 aromatic rings. The van der Waals surface area contributed by atoms with Gasteiger partial charge in [-0.1, -0.05) is 11.8 Å². The van der Waals surface area contributed by atoms with Crippen LogP contribution in [-0.2, 0) is 10.3 Å². The van der Waals surface area contributed by atoms with Gasteiger partial charge in [-0.15, -0.1) is 11.3 Å². The van der Waals surface area contributed by atoms with E-state index in [0.29, 0.717) is 10.6 Å². The van der Waals surface area contributed by atoms with Crippen LogP contribution >= 0.6 is 11.3 Å². The fourth-order valence-electron chi connectivity index (χ4n) is 3.45. The van der Waals surface area contributed by atoms with E-state index in [4.69, 9.17) is 10.5 Å². The van der Waals surface area contributed by atoms with E-state index in [1.54, 1.807) is 20.8 Å². The molecule has 3 rings (SSSR count). The van der Waals surface area contributed by atoms with Crippen LogP contribution in [0.3, 0.4) is 0 Å². The van der Waals surface area contributed by atoms with Gasteiger partial charge >= 0.3 is 0 Å². The third kappa shape index (κ3) is 3.87. The summed E-state index contributed by atoms with van der Waals surface area (Å²) in [6.45, 7) is 5.17. The highest BCUT2D eigenvalue weighted by Gasteiger charge is 2.43. The van der Waals surface area contributed by atoms with Gasteiger partial charge in [0.05, 0.1) is 23.3 Å². The largest absolute Gasteiger partial charge is 0.382 e. The van der Waals surface area contributed by atoms with E-state index in [2.05, 4.69) is 16.8 Å². The molecule has 0 radical (unpaired) electrons. The molecule has 0 aromatic carbocycles. The summed E-state index contributed by atoms with van der Waals surface area (Å²) in [6, 6.07) is 0. The second kappa shape index (κ2) is 6.36. The van der Waals surface area contributed by atoms with Crippen LogP contribution < -0.4 is 5.73 Å². The summed E-state index contributed by atoms with van der Waals surface area (Å²) in [5.41, 5.74) is 3.89. The number of carbonyl (C=O) groups excluding carboxylic acids is 1. The van der Waals surface area contributed by atoms with E-state index < -0.39 is 17.1 Å². The minimum Gasteiger partial charge on any atom is -0.382 e. The van der Waals surface area contributed by atoms with Crippen molar-refractivity contribution in [1.29, 1.82) is 0 Å². The number of hydrogen-bond donors (Lipinski definition) is 3. The lowest BCUT2D eigenvalue weighted by Gasteiger charge is -2.32. The van der Waals surface area contributed by atoms with Crippen molar-refractivity contribution in [2.45, 2.75) is 63.3 Å². The molecule has 1 fully saturated rings. The first kappa shape index (κ1) is 18.3. The molecule has 1 aliphatic heterocycles. The summed E-state index contributed by atoms with van der Waals surface area (Å²) in [6.07, 6.45) is 2.33. The number of aliphatic hydroxyl groups is 2. The number of thiazole rings is 1. The maximum Gasteiger partial charge on any atom is 0.277 e. The van der Waals surface area contributed by atoms with Crippen molar-refractivity contribution in [2.75, 3.05) is 6.61 Å². The number of hydrogen-bond acceptors (Lipinski definition) is 6. The molecule has 0 saturated heterocycles. The van der Waals surface area contributed by atoms with Gasteiger partial charge in [0.1, 0.15) is 11.2 Å². The van der Waals surface area contributed by atoms with Crippen LogP contribution in [0.5, 0.6) is 0 Å². The van der Waals surface area contributed by atoms with E-state index in [0.717, 1.165) is 30.6 Å². The first-order chi connectivity index (χ1) is 11.6. The number of fused-ring (bicyclic) bond motifs is 3. The average molecular weight is 364 g/mol. The summed E-state index contributed by atoms with van der Waals surface area (Å²) in [7, 11) is 0. The lowest BCUT2D eigenvalue weighted by molar-refractivity contribution is -0.0720. The SMILES string of the molecule is CC(C)(O)C#CC1CCC2OCC(C)(O)c3sc(C(N)=O)nc3C2C1. The highest BCUT2D eigenvalue weighted by Crippen LogP contribution is 2.46. The number of nitrogens with two attached hydrogens (primary N) is 1. The Morgan fingerprint density at radius 3 is 2.84 bits per heavy atom. The lowest BCUT2D eigenvalue weighted by atomic mass is 9.77. The minimum atomic E-state index is -1.19. The highest BCUT2D eigenvalue weighted by atomic mass is 32.1. The van der Waals surface area contributed by atoms with E-state index in [-0.39, 0.29) is 29.6 Å². The Balaban J connectivity index is 1.96. The van der Waals surface area contributed by atoms with E-state index >= 15 is 0 Å². The topological polar surface area (TPSA) is 106 Å². The van der Waals surface area contributed by atoms with Crippen LogP contribution in [-0.4, -0.2) is 39.4 Å². The summed E-state index contributed by atoms with van der Waals surface area (Å²) in [5, 5.41) is 20.8. The zero-order valence-electron chi connectivity index (χ0n) is 14.7. The van der Waals surface area contributed by atoms with E-state index in [9.17, 15) is 15.0 Å². The van der Waals surface area contributed by atoms with Crippen molar-refractivity contribution in [3.05, 3.63) is 15.6 Å². The Kier molecular flexibility index (Phi) is 4.67.